The van der Waals surface area contributed by atoms with E-state index in [4.69, 9.17) is 118 Å². The van der Waals surface area contributed by atoms with E-state index in [9.17, 15) is 0 Å². The van der Waals surface area contributed by atoms with E-state index in [1.165, 1.54) is 0 Å². The lowest BCUT2D eigenvalue weighted by atomic mass is 9.77. The molecule has 13 N–H and O–H groups in total. The Morgan fingerprint density at radius 1 is 0.364 bits per heavy atom. The molecular formula is C14H26B15FN14. The van der Waals surface area contributed by atoms with E-state index in [1.807, 2.05) is 0 Å². The molecule has 0 aromatic carbocycles. The first-order valence-electron chi connectivity index (χ1n) is 12.8. The fourth-order valence-electron chi connectivity index (χ4n) is 3.12. The number of guanidine groups is 1. The van der Waals surface area contributed by atoms with Crippen molar-refractivity contribution in [2.24, 2.45) is 4.90 Å². The number of alkyl halides is 1. The van der Waals surface area contributed by atoms with E-state index < -0.39 is 78.8 Å². The number of halogens is 1. The van der Waals surface area contributed by atoms with Gasteiger partial charge in [-0.2, -0.15) is 0 Å². The van der Waals surface area contributed by atoms with Crippen LogP contribution in [-0.2, 0) is 0 Å². The molecule has 30 heteroatoms. The van der Waals surface area contributed by atoms with Crippen LogP contribution in [0.3, 0.4) is 0 Å². The number of nitrogens with zero attached hydrogens (tertiary/aromatic N) is 1. The Bertz CT molecular complexity index is 708. The fourth-order valence-corrected chi connectivity index (χ4v) is 3.12. The molecule has 204 valence electrons. The van der Waals surface area contributed by atoms with Crippen molar-refractivity contribution in [1.82, 2.24) is 69.1 Å². The van der Waals surface area contributed by atoms with Crippen LogP contribution in [0.1, 0.15) is 0 Å². The maximum absolute atomic E-state index is 15.7. The summed E-state index contributed by atoms with van der Waals surface area (Å²) in [4.78, 5) is 3.47. The lowest BCUT2D eigenvalue weighted by molar-refractivity contribution is 0.113. The van der Waals surface area contributed by atoms with Gasteiger partial charge < -0.3 is 47.4 Å². The van der Waals surface area contributed by atoms with Gasteiger partial charge in [0.2, 0.25) is 6.42 Å². The molecule has 0 saturated heterocycles. The van der Waals surface area contributed by atoms with Gasteiger partial charge in [-0.3, -0.25) is 16.0 Å². The predicted octanol–water partition coefficient (Wildman–Crippen LogP) is -12.9. The van der Waals surface area contributed by atoms with Crippen molar-refractivity contribution >= 4 is 124 Å². The summed E-state index contributed by atoms with van der Waals surface area (Å²) in [6.07, 6.45) is -7.78. The number of rotatable bonds is 24. The minimum absolute atomic E-state index is 0.178. The molecule has 2 unspecified atom stereocenters. The van der Waals surface area contributed by atoms with Gasteiger partial charge in [0.25, 0.3) is 7.98 Å². The summed E-state index contributed by atoms with van der Waals surface area (Å²) >= 11 is 0. The van der Waals surface area contributed by atoms with E-state index in [0.717, 1.165) is 0 Å². The summed E-state index contributed by atoms with van der Waals surface area (Å²) < 4.78 is 15.7. The highest BCUT2D eigenvalue weighted by Gasteiger charge is 2.26. The Morgan fingerprint density at radius 2 is 0.636 bits per heavy atom. The van der Waals surface area contributed by atoms with Crippen molar-refractivity contribution in [3.05, 3.63) is 0 Å². The number of hydrogen-bond donors (Lipinski definition) is 13. The summed E-state index contributed by atoms with van der Waals surface area (Å²) in [6.45, 7) is 0. The van der Waals surface area contributed by atoms with Crippen LogP contribution in [0, 0.1) is 0 Å². The molecule has 0 fully saturated rings. The van der Waals surface area contributed by atoms with Gasteiger partial charge in [-0.05, 0) is 5.84 Å². The molecule has 0 saturated carbocycles. The molecule has 2 atom stereocenters. The maximum atomic E-state index is 15.7. The van der Waals surface area contributed by atoms with E-state index >= 15 is 4.39 Å². The third-order valence-corrected chi connectivity index (χ3v) is 4.49. The van der Waals surface area contributed by atoms with E-state index in [1.54, 1.807) is 0 Å². The molecule has 0 bridgehead atoms. The van der Waals surface area contributed by atoms with Gasteiger partial charge in [0.15, 0.2) is 5.96 Å². The molecule has 0 aromatic heterocycles. The molecule has 0 aliphatic heterocycles. The third-order valence-electron chi connectivity index (χ3n) is 4.49. The van der Waals surface area contributed by atoms with Gasteiger partial charge >= 0.3 is 0 Å². The average molecular weight is 572 g/mol. The van der Waals surface area contributed by atoms with Crippen LogP contribution in [0.5, 0.6) is 0 Å². The van der Waals surface area contributed by atoms with Gasteiger partial charge in [-0.25, -0.2) is 15.0 Å². The molecule has 0 aliphatic carbocycles. The lowest BCUT2D eigenvalue weighted by Crippen LogP contribution is -2.74. The van der Waals surface area contributed by atoms with Gasteiger partial charge in [-0.1, -0.05) is 35.0 Å². The van der Waals surface area contributed by atoms with Crippen molar-refractivity contribution in [1.29, 1.82) is 0 Å². The van der Waals surface area contributed by atoms with Gasteiger partial charge in [-0.15, -0.1) is 0 Å². The second-order valence-electron chi connectivity index (χ2n) is 8.81. The van der Waals surface area contributed by atoms with Gasteiger partial charge in [0.1, 0.15) is 31.4 Å². The van der Waals surface area contributed by atoms with Crippen molar-refractivity contribution < 1.29 is 4.39 Å². The summed E-state index contributed by atoms with van der Waals surface area (Å²) in [5, 5.41) is 34.9. The molecule has 0 amide bonds. The summed E-state index contributed by atoms with van der Waals surface area (Å²) in [5.41, 5.74) is 0. The molecule has 0 heterocycles. The third kappa shape index (κ3) is 24.0. The fraction of sp³-hybridized carbons (Fsp3) is 0.929. The average Bonchev–Trinajstić information content (AvgIpc) is 2.80. The summed E-state index contributed by atoms with van der Waals surface area (Å²) in [5.74, 6) is -7.74. The largest absolute Gasteiger partial charge is 0.372 e. The highest BCUT2D eigenvalue weighted by molar-refractivity contribution is 6.38. The van der Waals surface area contributed by atoms with Crippen molar-refractivity contribution in [3.63, 3.8) is 0 Å². The minimum atomic E-state index is -2.13. The zero-order chi connectivity index (χ0) is 34.0. The first kappa shape index (κ1) is 43.7. The predicted molar refractivity (Wildman–Crippen MR) is 185 cm³/mol. The van der Waals surface area contributed by atoms with Crippen LogP contribution in [0.4, 0.5) is 4.39 Å². The Hall–Kier alpha value is -0.266. The zero-order valence-corrected chi connectivity index (χ0v) is 24.0. The smallest absolute Gasteiger partial charge is 0.264 e. The van der Waals surface area contributed by atoms with Crippen LogP contribution in [0.2, 0.25) is 0 Å². The molecule has 0 aromatic rings. The molecule has 30 radical (unpaired) electrons. The van der Waals surface area contributed by atoms with Crippen LogP contribution >= 0.6 is 0 Å². The molecule has 0 rings (SSSR count). The van der Waals surface area contributed by atoms with Crippen molar-refractivity contribution in [2.75, 3.05) is 0 Å². The zero-order valence-electron chi connectivity index (χ0n) is 24.0. The molecule has 14 nitrogen and oxygen atoms in total. The van der Waals surface area contributed by atoms with Crippen molar-refractivity contribution in [2.45, 2.75) is 78.8 Å². The van der Waals surface area contributed by atoms with Gasteiger partial charge in [0.05, 0.1) is 110 Å². The van der Waals surface area contributed by atoms with E-state index in [2.05, 4.69) is 74.0 Å². The summed E-state index contributed by atoms with van der Waals surface area (Å²) in [7, 11) is 84.0. The number of nitrogens with one attached hydrogen (secondary N) is 13. The first-order valence-corrected chi connectivity index (χ1v) is 12.8. The lowest BCUT2D eigenvalue weighted by Gasteiger charge is -2.37. The minimum Gasteiger partial charge on any atom is -0.372 e. The van der Waals surface area contributed by atoms with Crippen molar-refractivity contribution in [3.8, 4) is 0 Å². The SMILES string of the molecule is [B]N=C(NC([B])[B])NC(NC(F)NC(NC(NC([B])[B])NC([B])[B])NC(NC([B])[B])NC([B])[B])NC(NC([B])[B])NC([B])[B]. The van der Waals surface area contributed by atoms with Crippen LogP contribution in [0.15, 0.2) is 4.90 Å². The molecular weight excluding hydrogens is 545 g/mol. The normalized spacial score (nSPS) is 14.5. The molecule has 44 heavy (non-hydrogen) atoms. The monoisotopic (exact) mass is 574 g/mol. The van der Waals surface area contributed by atoms with Crippen LogP contribution in [-0.4, -0.2) is 203 Å². The number of hydrogen-bond acceptors (Lipinski definition) is 12. The van der Waals surface area contributed by atoms with E-state index in [0.29, 0.717) is 0 Å². The Morgan fingerprint density at radius 3 is 0.909 bits per heavy atom. The quantitative estimate of drug-likeness (QED) is 0.0174. The van der Waals surface area contributed by atoms with Gasteiger partial charge in [0, 0.05) is 0 Å². The highest BCUT2D eigenvalue weighted by atomic mass is 19.1. The second-order valence-corrected chi connectivity index (χ2v) is 8.81. The second kappa shape index (κ2) is 24.0. The maximum Gasteiger partial charge on any atom is 0.264 e. The molecule has 0 spiro atoms. The van der Waals surface area contributed by atoms with Crippen LogP contribution < -0.4 is 69.1 Å². The first-order chi connectivity index (χ1) is 20.4. The Kier molecular flexibility index (Phi) is 23.8. The van der Waals surface area contributed by atoms with E-state index in [-0.39, 0.29) is 5.96 Å². The summed E-state index contributed by atoms with van der Waals surface area (Å²) in [6, 6.07) is 0. The standard InChI is InChI=1S/C14H26B15FN14/c15-1(16)31-9(32-2(17)18)40-12(41-10(33-3(19)20)34-4(21)22)38-8(30)39-13(43-14(44-29)37-7(27)28)42-11(35-5(23)24)36-6(25)26/h1-13,31-36,38-42H,(H2,37,43,44). The van der Waals surface area contributed by atoms with Crippen LogP contribution in [0.25, 0.3) is 0 Å². The molecule has 0 aliphatic rings. The Balaban J connectivity index is 6.16. The highest BCUT2D eigenvalue weighted by Crippen LogP contribution is 1.91. The Labute approximate surface area is 280 Å². The topological polar surface area (TPSA) is 169 Å².